The molecule has 2 aliphatic heterocycles. The maximum absolute atomic E-state index is 5.70. The molecule has 2 aliphatic rings. The molecule has 4 rings (SSSR count). The number of methoxy groups -OCH3 is 1. The van der Waals surface area contributed by atoms with E-state index in [9.17, 15) is 0 Å². The lowest BCUT2D eigenvalue weighted by atomic mass is 10.1. The number of benzene rings is 1. The number of hydrogen-bond donors (Lipinski definition) is 1. The van der Waals surface area contributed by atoms with Crippen molar-refractivity contribution < 1.29 is 14.2 Å². The summed E-state index contributed by atoms with van der Waals surface area (Å²) in [5.74, 6) is 4.27. The zero-order valence-electron chi connectivity index (χ0n) is 14.7. The summed E-state index contributed by atoms with van der Waals surface area (Å²) >= 11 is 0. The fourth-order valence-electron chi connectivity index (χ4n) is 3.44. The molecule has 0 spiro atoms. The molecule has 0 radical (unpaired) electrons. The molecule has 7 heteroatoms. The summed E-state index contributed by atoms with van der Waals surface area (Å²) in [5.41, 5.74) is 1.09. The first-order chi connectivity index (χ1) is 12.3. The lowest BCUT2D eigenvalue weighted by Crippen LogP contribution is -2.24. The van der Waals surface area contributed by atoms with Crippen LogP contribution in [0.2, 0.25) is 0 Å². The predicted molar refractivity (Wildman–Crippen MR) is 92.2 cm³/mol. The van der Waals surface area contributed by atoms with E-state index in [1.165, 1.54) is 12.8 Å². The van der Waals surface area contributed by atoms with Gasteiger partial charge in [0, 0.05) is 19.5 Å². The molecule has 1 unspecified atom stereocenters. The van der Waals surface area contributed by atoms with Crippen LogP contribution in [0, 0.1) is 0 Å². The summed E-state index contributed by atoms with van der Waals surface area (Å²) in [4.78, 5) is 0. The van der Waals surface area contributed by atoms with Crippen molar-refractivity contribution in [2.45, 2.75) is 45.3 Å². The molecule has 1 aromatic heterocycles. The van der Waals surface area contributed by atoms with Gasteiger partial charge in [0.25, 0.3) is 0 Å². The number of rotatable bonds is 5. The summed E-state index contributed by atoms with van der Waals surface area (Å²) in [6.07, 6.45) is 3.43. The van der Waals surface area contributed by atoms with Crippen molar-refractivity contribution in [3.8, 4) is 17.2 Å². The van der Waals surface area contributed by atoms with Crippen LogP contribution in [0.25, 0.3) is 0 Å². The Balaban J connectivity index is 1.48. The number of aryl methyl sites for hydroxylation is 1. The highest BCUT2D eigenvalue weighted by Gasteiger charge is 2.21. The molecular formula is C18H24N4O3. The van der Waals surface area contributed by atoms with Crippen molar-refractivity contribution in [1.29, 1.82) is 0 Å². The van der Waals surface area contributed by atoms with Gasteiger partial charge >= 0.3 is 0 Å². The third-order valence-corrected chi connectivity index (χ3v) is 4.78. The van der Waals surface area contributed by atoms with Gasteiger partial charge in [-0.25, -0.2) is 0 Å². The van der Waals surface area contributed by atoms with Crippen molar-refractivity contribution in [2.24, 2.45) is 0 Å². The summed E-state index contributed by atoms with van der Waals surface area (Å²) in [6, 6.07) is 4.13. The van der Waals surface area contributed by atoms with E-state index in [0.717, 1.165) is 35.9 Å². The standard InChI is InChI=1S/C18H24N4O3/c1-12(18-21-20-16-5-3-4-6-22(16)18)19-11-13-9-14(23-2)17-15(10-13)24-7-8-25-17/h9-10,12,19H,3-8,11H2,1-2H3. The minimum atomic E-state index is 0.124. The first-order valence-electron chi connectivity index (χ1n) is 8.88. The van der Waals surface area contributed by atoms with Crippen LogP contribution in [0.15, 0.2) is 12.1 Å². The van der Waals surface area contributed by atoms with E-state index in [-0.39, 0.29) is 6.04 Å². The van der Waals surface area contributed by atoms with Crippen LogP contribution in [0.3, 0.4) is 0 Å². The largest absolute Gasteiger partial charge is 0.493 e. The van der Waals surface area contributed by atoms with Crippen LogP contribution in [-0.4, -0.2) is 35.1 Å². The number of fused-ring (bicyclic) bond motifs is 2. The first kappa shape index (κ1) is 16.2. The number of nitrogens with one attached hydrogen (secondary N) is 1. The van der Waals surface area contributed by atoms with Crippen molar-refractivity contribution in [2.75, 3.05) is 20.3 Å². The lowest BCUT2D eigenvalue weighted by molar-refractivity contribution is 0.165. The van der Waals surface area contributed by atoms with E-state index >= 15 is 0 Å². The summed E-state index contributed by atoms with van der Waals surface area (Å²) in [6.45, 7) is 4.95. The van der Waals surface area contributed by atoms with Gasteiger partial charge in [-0.1, -0.05) is 0 Å². The maximum Gasteiger partial charge on any atom is 0.203 e. The molecule has 1 atom stereocenters. The van der Waals surface area contributed by atoms with Gasteiger partial charge in [0.2, 0.25) is 5.75 Å². The second kappa shape index (κ2) is 6.92. The quantitative estimate of drug-likeness (QED) is 0.897. The zero-order chi connectivity index (χ0) is 17.2. The molecule has 134 valence electrons. The Bertz CT molecular complexity index is 742. The third-order valence-electron chi connectivity index (χ3n) is 4.78. The van der Waals surface area contributed by atoms with Crippen LogP contribution in [0.5, 0.6) is 17.2 Å². The Morgan fingerprint density at radius 2 is 2.12 bits per heavy atom. The normalized spacial score (nSPS) is 17.0. The van der Waals surface area contributed by atoms with Crippen LogP contribution in [-0.2, 0) is 19.5 Å². The van der Waals surface area contributed by atoms with E-state index in [1.807, 2.05) is 12.1 Å². The molecule has 25 heavy (non-hydrogen) atoms. The van der Waals surface area contributed by atoms with Crippen LogP contribution < -0.4 is 19.5 Å². The van der Waals surface area contributed by atoms with Gasteiger partial charge in [0.15, 0.2) is 11.5 Å². The predicted octanol–water partition coefficient (Wildman–Crippen LogP) is 2.25. The van der Waals surface area contributed by atoms with Gasteiger partial charge in [-0.05, 0) is 37.5 Å². The topological polar surface area (TPSA) is 70.4 Å². The van der Waals surface area contributed by atoms with E-state index in [1.54, 1.807) is 7.11 Å². The Kier molecular flexibility index (Phi) is 4.48. The van der Waals surface area contributed by atoms with Crippen molar-refractivity contribution >= 4 is 0 Å². The number of hydrogen-bond acceptors (Lipinski definition) is 6. The monoisotopic (exact) mass is 344 g/mol. The molecular weight excluding hydrogens is 320 g/mol. The minimum Gasteiger partial charge on any atom is -0.493 e. The molecule has 1 aromatic carbocycles. The average molecular weight is 344 g/mol. The van der Waals surface area contributed by atoms with Gasteiger partial charge in [-0.3, -0.25) is 0 Å². The molecule has 0 fully saturated rings. The van der Waals surface area contributed by atoms with Gasteiger partial charge < -0.3 is 24.1 Å². The van der Waals surface area contributed by atoms with Crippen molar-refractivity contribution in [3.05, 3.63) is 29.3 Å². The Morgan fingerprint density at radius 1 is 1.24 bits per heavy atom. The average Bonchev–Trinajstić information content (AvgIpc) is 3.09. The molecule has 0 bridgehead atoms. The summed E-state index contributed by atoms with van der Waals surface area (Å²) in [7, 11) is 1.65. The molecule has 1 N–H and O–H groups in total. The number of ether oxygens (including phenoxy) is 3. The third kappa shape index (κ3) is 3.16. The first-order valence-corrected chi connectivity index (χ1v) is 8.88. The summed E-state index contributed by atoms with van der Waals surface area (Å²) < 4.78 is 19.1. The van der Waals surface area contributed by atoms with Crippen molar-refractivity contribution in [1.82, 2.24) is 20.1 Å². The minimum absolute atomic E-state index is 0.124. The van der Waals surface area contributed by atoms with Gasteiger partial charge in [-0.15, -0.1) is 10.2 Å². The molecule has 0 saturated carbocycles. The fourth-order valence-corrected chi connectivity index (χ4v) is 3.44. The SMILES string of the molecule is COc1cc(CNC(C)c2nnc3n2CCCC3)cc2c1OCCO2. The maximum atomic E-state index is 5.70. The van der Waals surface area contributed by atoms with E-state index in [0.29, 0.717) is 31.3 Å². The van der Waals surface area contributed by atoms with Crippen molar-refractivity contribution in [3.63, 3.8) is 0 Å². The van der Waals surface area contributed by atoms with Gasteiger partial charge in [-0.2, -0.15) is 0 Å². The van der Waals surface area contributed by atoms with E-state index in [2.05, 4.69) is 27.0 Å². The second-order valence-electron chi connectivity index (χ2n) is 6.51. The molecule has 0 amide bonds. The van der Waals surface area contributed by atoms with E-state index in [4.69, 9.17) is 14.2 Å². The fraction of sp³-hybridized carbons (Fsp3) is 0.556. The van der Waals surface area contributed by atoms with Gasteiger partial charge in [0.1, 0.15) is 24.9 Å². The highest BCUT2D eigenvalue weighted by molar-refractivity contribution is 5.54. The lowest BCUT2D eigenvalue weighted by Gasteiger charge is -2.22. The molecule has 7 nitrogen and oxygen atoms in total. The number of nitrogens with zero attached hydrogens (tertiary/aromatic N) is 3. The molecule has 0 aliphatic carbocycles. The second-order valence-corrected chi connectivity index (χ2v) is 6.51. The Morgan fingerprint density at radius 3 is 3.00 bits per heavy atom. The Hall–Kier alpha value is -2.28. The van der Waals surface area contributed by atoms with Crippen LogP contribution >= 0.6 is 0 Å². The van der Waals surface area contributed by atoms with Gasteiger partial charge in [0.05, 0.1) is 13.2 Å². The van der Waals surface area contributed by atoms with Crippen LogP contribution in [0.4, 0.5) is 0 Å². The summed E-state index contributed by atoms with van der Waals surface area (Å²) in [5, 5.41) is 12.3. The smallest absolute Gasteiger partial charge is 0.203 e. The zero-order valence-corrected chi connectivity index (χ0v) is 14.7. The Labute approximate surface area is 147 Å². The molecule has 0 saturated heterocycles. The van der Waals surface area contributed by atoms with Crippen LogP contribution in [0.1, 0.15) is 43.0 Å². The highest BCUT2D eigenvalue weighted by atomic mass is 16.6. The molecule has 3 heterocycles. The number of aromatic nitrogens is 3. The molecule has 2 aromatic rings. The van der Waals surface area contributed by atoms with E-state index < -0.39 is 0 Å². The highest BCUT2D eigenvalue weighted by Crippen LogP contribution is 2.40.